The summed E-state index contributed by atoms with van der Waals surface area (Å²) in [7, 11) is 0. The maximum absolute atomic E-state index is 12.6. The molecule has 0 amide bonds. The van der Waals surface area contributed by atoms with Crippen molar-refractivity contribution in [3.8, 4) is 11.5 Å². The molecule has 0 fully saturated rings. The Labute approximate surface area is 145 Å². The van der Waals surface area contributed by atoms with Crippen molar-refractivity contribution in [3.05, 3.63) is 62.7 Å². The molecule has 2 aromatic rings. The van der Waals surface area contributed by atoms with Crippen LogP contribution in [0.1, 0.15) is 29.3 Å². The minimum Gasteiger partial charge on any atom is -0.456 e. The Hall–Kier alpha value is -2.61. The third kappa shape index (κ3) is 4.27. The first-order chi connectivity index (χ1) is 11.6. The van der Waals surface area contributed by atoms with E-state index in [1.165, 1.54) is 6.07 Å². The lowest BCUT2D eigenvalue weighted by Gasteiger charge is -2.11. The number of ketones is 1. The summed E-state index contributed by atoms with van der Waals surface area (Å²) in [5.41, 5.74) is -1.46. The van der Waals surface area contributed by atoms with E-state index in [-0.39, 0.29) is 34.2 Å². The molecule has 0 spiro atoms. The van der Waals surface area contributed by atoms with E-state index in [4.69, 9.17) is 16.3 Å². The third-order valence-electron chi connectivity index (χ3n) is 3.27. The fourth-order valence-electron chi connectivity index (χ4n) is 2.04. The van der Waals surface area contributed by atoms with E-state index in [0.29, 0.717) is 6.07 Å². The number of hydrogen-bond acceptors (Lipinski definition) is 4. The highest BCUT2D eigenvalue weighted by Crippen LogP contribution is 2.37. The quantitative estimate of drug-likeness (QED) is 0.385. The summed E-state index contributed by atoms with van der Waals surface area (Å²) in [6, 6.07) is 6.03. The summed E-state index contributed by atoms with van der Waals surface area (Å²) in [5.74, 6) is -0.488. The molecule has 0 aliphatic rings. The summed E-state index contributed by atoms with van der Waals surface area (Å²) in [5, 5.41) is 10.7. The summed E-state index contributed by atoms with van der Waals surface area (Å²) >= 11 is 5.80. The molecular formula is C16H11ClF3NO4. The highest BCUT2D eigenvalue weighted by atomic mass is 35.5. The fraction of sp³-hybridized carbons (Fsp3) is 0.188. The fourth-order valence-corrected chi connectivity index (χ4v) is 2.26. The molecule has 0 heterocycles. The van der Waals surface area contributed by atoms with Gasteiger partial charge in [0, 0.05) is 12.5 Å². The Kier molecular flexibility index (Phi) is 5.32. The van der Waals surface area contributed by atoms with Gasteiger partial charge in [0.1, 0.15) is 11.5 Å². The van der Waals surface area contributed by atoms with Crippen molar-refractivity contribution < 1.29 is 27.6 Å². The number of nitro benzene ring substituents is 1. The normalized spacial score (nSPS) is 11.2. The molecule has 0 N–H and O–H groups in total. The second kappa shape index (κ2) is 7.10. The Bertz CT molecular complexity index is 837. The van der Waals surface area contributed by atoms with Gasteiger partial charge in [0.25, 0.3) is 5.69 Å². The number of rotatable bonds is 5. The molecule has 0 radical (unpaired) electrons. The molecule has 0 saturated heterocycles. The van der Waals surface area contributed by atoms with E-state index < -0.39 is 22.4 Å². The molecule has 132 valence electrons. The smallest absolute Gasteiger partial charge is 0.416 e. The number of halogens is 4. The van der Waals surface area contributed by atoms with Crippen LogP contribution >= 0.6 is 11.6 Å². The van der Waals surface area contributed by atoms with Gasteiger partial charge in [0.05, 0.1) is 21.1 Å². The Morgan fingerprint density at radius 2 is 1.92 bits per heavy atom. The van der Waals surface area contributed by atoms with Crippen LogP contribution in [0.25, 0.3) is 0 Å². The van der Waals surface area contributed by atoms with Gasteiger partial charge in [0.2, 0.25) is 0 Å². The summed E-state index contributed by atoms with van der Waals surface area (Å²) in [6.07, 6.45) is -4.50. The number of ether oxygens (including phenoxy) is 1. The van der Waals surface area contributed by atoms with E-state index in [0.717, 1.165) is 24.3 Å². The van der Waals surface area contributed by atoms with Crippen molar-refractivity contribution in [2.24, 2.45) is 0 Å². The lowest BCUT2D eigenvalue weighted by atomic mass is 10.1. The van der Waals surface area contributed by atoms with Crippen LogP contribution in [-0.4, -0.2) is 10.7 Å². The lowest BCUT2D eigenvalue weighted by molar-refractivity contribution is -0.385. The van der Waals surface area contributed by atoms with E-state index in [9.17, 15) is 28.1 Å². The van der Waals surface area contributed by atoms with E-state index >= 15 is 0 Å². The van der Waals surface area contributed by atoms with E-state index in [2.05, 4.69) is 0 Å². The second-order valence-electron chi connectivity index (χ2n) is 4.96. The molecule has 0 aliphatic heterocycles. The number of nitro groups is 1. The van der Waals surface area contributed by atoms with Crippen molar-refractivity contribution in [1.82, 2.24) is 0 Å². The maximum atomic E-state index is 12.6. The number of nitrogens with zero attached hydrogens (tertiary/aromatic N) is 1. The van der Waals surface area contributed by atoms with Gasteiger partial charge in [-0.15, -0.1) is 0 Å². The molecule has 0 saturated carbocycles. The number of carbonyl (C=O) groups is 1. The van der Waals surface area contributed by atoms with Gasteiger partial charge >= 0.3 is 6.18 Å². The molecule has 0 aliphatic carbocycles. The average Bonchev–Trinajstić information content (AvgIpc) is 2.54. The van der Waals surface area contributed by atoms with Crippen LogP contribution < -0.4 is 4.74 Å². The molecular weight excluding hydrogens is 363 g/mol. The Morgan fingerprint density at radius 3 is 2.44 bits per heavy atom. The SMILES string of the molecule is CCC(=O)c1cc(Oc2ccc(C(F)(F)F)cc2Cl)ccc1[N+](=O)[O-]. The number of carbonyl (C=O) groups excluding carboxylic acids is 1. The van der Waals surface area contributed by atoms with Crippen LogP contribution in [-0.2, 0) is 6.18 Å². The van der Waals surface area contributed by atoms with Gasteiger partial charge in [0.15, 0.2) is 5.78 Å². The summed E-state index contributed by atoms with van der Waals surface area (Å²) in [4.78, 5) is 22.1. The second-order valence-corrected chi connectivity index (χ2v) is 5.37. The topological polar surface area (TPSA) is 69.4 Å². The number of alkyl halides is 3. The van der Waals surface area contributed by atoms with Crippen molar-refractivity contribution in [1.29, 1.82) is 0 Å². The number of Topliss-reactive ketones (excluding diaryl/α,β-unsaturated/α-hetero) is 1. The standard InChI is InChI=1S/C16H11ClF3NO4/c1-2-14(22)11-8-10(4-5-13(11)21(23)24)25-15-6-3-9(7-12(15)17)16(18,19)20/h3-8H,2H2,1H3. The predicted octanol–water partition coefficient (Wildman–Crippen LogP) is 5.65. The molecule has 25 heavy (non-hydrogen) atoms. The zero-order valence-corrected chi connectivity index (χ0v) is 13.5. The molecule has 0 unspecified atom stereocenters. The van der Waals surface area contributed by atoms with Crippen molar-refractivity contribution in [3.63, 3.8) is 0 Å². The molecule has 2 aromatic carbocycles. The monoisotopic (exact) mass is 373 g/mol. The number of benzene rings is 2. The minimum atomic E-state index is -4.55. The molecule has 0 atom stereocenters. The van der Waals surface area contributed by atoms with Gasteiger partial charge in [-0.1, -0.05) is 18.5 Å². The summed E-state index contributed by atoms with van der Waals surface area (Å²) in [6.45, 7) is 1.55. The van der Waals surface area contributed by atoms with Gasteiger partial charge in [-0.05, 0) is 30.3 Å². The zero-order chi connectivity index (χ0) is 18.8. The van der Waals surface area contributed by atoms with E-state index in [1.54, 1.807) is 6.92 Å². The van der Waals surface area contributed by atoms with Crippen LogP contribution in [0, 0.1) is 10.1 Å². The minimum absolute atomic E-state index is 0.0454. The highest BCUT2D eigenvalue weighted by Gasteiger charge is 2.31. The predicted molar refractivity (Wildman–Crippen MR) is 84.2 cm³/mol. The maximum Gasteiger partial charge on any atom is 0.416 e. The number of hydrogen-bond donors (Lipinski definition) is 0. The zero-order valence-electron chi connectivity index (χ0n) is 12.8. The van der Waals surface area contributed by atoms with Gasteiger partial charge < -0.3 is 4.74 Å². The third-order valence-corrected chi connectivity index (χ3v) is 3.57. The molecule has 5 nitrogen and oxygen atoms in total. The van der Waals surface area contributed by atoms with E-state index in [1.807, 2.05) is 0 Å². The molecule has 0 bridgehead atoms. The first-order valence-electron chi connectivity index (χ1n) is 6.99. The van der Waals surface area contributed by atoms with Crippen molar-refractivity contribution in [2.45, 2.75) is 19.5 Å². The van der Waals surface area contributed by atoms with Crippen LogP contribution in [0.15, 0.2) is 36.4 Å². The van der Waals surface area contributed by atoms with Crippen molar-refractivity contribution in [2.75, 3.05) is 0 Å². The van der Waals surface area contributed by atoms with Crippen LogP contribution in [0.2, 0.25) is 5.02 Å². The summed E-state index contributed by atoms with van der Waals surface area (Å²) < 4.78 is 43.3. The van der Waals surface area contributed by atoms with Gasteiger partial charge in [-0.3, -0.25) is 14.9 Å². The highest BCUT2D eigenvalue weighted by molar-refractivity contribution is 6.32. The molecule has 9 heteroatoms. The van der Waals surface area contributed by atoms with Crippen LogP contribution in [0.5, 0.6) is 11.5 Å². The molecule has 2 rings (SSSR count). The van der Waals surface area contributed by atoms with Gasteiger partial charge in [-0.25, -0.2) is 0 Å². The first-order valence-corrected chi connectivity index (χ1v) is 7.37. The van der Waals surface area contributed by atoms with Crippen molar-refractivity contribution >= 4 is 23.1 Å². The lowest BCUT2D eigenvalue weighted by Crippen LogP contribution is -2.05. The first kappa shape index (κ1) is 18.7. The van der Waals surface area contributed by atoms with Gasteiger partial charge in [-0.2, -0.15) is 13.2 Å². The Balaban J connectivity index is 2.38. The largest absolute Gasteiger partial charge is 0.456 e. The molecule has 0 aromatic heterocycles. The van der Waals surface area contributed by atoms with Crippen LogP contribution in [0.3, 0.4) is 0 Å². The average molecular weight is 374 g/mol. The Morgan fingerprint density at radius 1 is 1.24 bits per heavy atom. The van der Waals surface area contributed by atoms with Crippen LogP contribution in [0.4, 0.5) is 18.9 Å².